The van der Waals surface area contributed by atoms with Crippen LogP contribution in [0.2, 0.25) is 5.02 Å². The van der Waals surface area contributed by atoms with E-state index in [1.54, 1.807) is 43.5 Å². The molecule has 1 aromatic heterocycles. The third kappa shape index (κ3) is 4.75. The van der Waals surface area contributed by atoms with Crippen LogP contribution in [0.25, 0.3) is 22.3 Å². The number of anilines is 1. The second-order valence-electron chi connectivity index (χ2n) is 6.86. The van der Waals surface area contributed by atoms with Gasteiger partial charge in [-0.15, -0.1) is 0 Å². The fourth-order valence-electron chi connectivity index (χ4n) is 3.07. The zero-order valence-corrected chi connectivity index (χ0v) is 17.8. The lowest BCUT2D eigenvalue weighted by Crippen LogP contribution is -2.30. The Morgan fingerprint density at radius 2 is 1.77 bits per heavy atom. The number of carbonyl (C=O) groups is 1. The van der Waals surface area contributed by atoms with Crippen LogP contribution in [0.15, 0.2) is 72.9 Å². The van der Waals surface area contributed by atoms with E-state index in [1.807, 2.05) is 36.4 Å². The molecular formula is C24H20ClN3O3. The molecule has 4 aromatic rings. The summed E-state index contributed by atoms with van der Waals surface area (Å²) in [4.78, 5) is 21.6. The molecule has 4 rings (SSSR count). The van der Waals surface area contributed by atoms with E-state index in [0.717, 1.165) is 22.3 Å². The second-order valence-corrected chi connectivity index (χ2v) is 7.30. The molecule has 1 atom stereocenters. The monoisotopic (exact) mass is 433 g/mol. The lowest BCUT2D eigenvalue weighted by atomic mass is 10.1. The molecule has 0 spiro atoms. The van der Waals surface area contributed by atoms with E-state index in [-0.39, 0.29) is 5.91 Å². The minimum absolute atomic E-state index is 0.315. The van der Waals surface area contributed by atoms with Gasteiger partial charge < -0.3 is 14.8 Å². The molecule has 1 N–H and O–H groups in total. The fraction of sp³-hybridized carbons (Fsp3) is 0.125. The smallest absolute Gasteiger partial charge is 0.265 e. The standard InChI is InChI=1S/C24H20ClN3O3/c1-15(24(29)28-21-13-17(25)9-12-23(21)30-2)31-18-10-7-16(8-11-18)22-14-26-19-5-3-4-6-20(19)27-22/h3-15H,1-2H3,(H,28,29). The number of nitrogens with one attached hydrogen (secondary N) is 1. The Hall–Kier alpha value is -3.64. The molecule has 1 unspecified atom stereocenters. The quantitative estimate of drug-likeness (QED) is 0.442. The van der Waals surface area contributed by atoms with Gasteiger partial charge in [0.05, 0.1) is 35.7 Å². The van der Waals surface area contributed by atoms with Crippen LogP contribution in [0.4, 0.5) is 5.69 Å². The maximum atomic E-state index is 12.6. The zero-order valence-electron chi connectivity index (χ0n) is 17.0. The van der Waals surface area contributed by atoms with Crippen LogP contribution in [0.5, 0.6) is 11.5 Å². The summed E-state index contributed by atoms with van der Waals surface area (Å²) in [6, 6.07) is 20.1. The Bertz CT molecular complexity index is 1230. The zero-order chi connectivity index (χ0) is 21.8. The molecule has 7 heteroatoms. The maximum Gasteiger partial charge on any atom is 0.265 e. The molecule has 1 heterocycles. The number of rotatable bonds is 6. The Morgan fingerprint density at radius 3 is 2.52 bits per heavy atom. The minimum Gasteiger partial charge on any atom is -0.495 e. The number of benzene rings is 3. The van der Waals surface area contributed by atoms with Gasteiger partial charge in [0.25, 0.3) is 5.91 Å². The van der Waals surface area contributed by atoms with Crippen molar-refractivity contribution in [1.82, 2.24) is 9.97 Å². The van der Waals surface area contributed by atoms with Crippen molar-refractivity contribution in [3.05, 3.63) is 77.9 Å². The second kappa shape index (κ2) is 9.02. The van der Waals surface area contributed by atoms with Gasteiger partial charge in [0.1, 0.15) is 11.5 Å². The molecule has 0 bridgehead atoms. The van der Waals surface area contributed by atoms with E-state index < -0.39 is 6.10 Å². The number of nitrogens with zero attached hydrogens (tertiary/aromatic N) is 2. The number of halogens is 1. The van der Waals surface area contributed by atoms with Crippen LogP contribution in [0.1, 0.15) is 6.92 Å². The molecule has 0 radical (unpaired) electrons. The van der Waals surface area contributed by atoms with Crippen LogP contribution in [-0.4, -0.2) is 29.1 Å². The van der Waals surface area contributed by atoms with Crippen LogP contribution in [-0.2, 0) is 4.79 Å². The largest absolute Gasteiger partial charge is 0.495 e. The average molecular weight is 434 g/mol. The van der Waals surface area contributed by atoms with Crippen molar-refractivity contribution in [2.75, 3.05) is 12.4 Å². The summed E-state index contributed by atoms with van der Waals surface area (Å²) in [5.41, 5.74) is 3.85. The van der Waals surface area contributed by atoms with Crippen LogP contribution in [0.3, 0.4) is 0 Å². The van der Waals surface area contributed by atoms with E-state index in [0.29, 0.717) is 22.2 Å². The molecule has 31 heavy (non-hydrogen) atoms. The molecular weight excluding hydrogens is 414 g/mol. The number of hydrogen-bond donors (Lipinski definition) is 1. The van der Waals surface area contributed by atoms with Crippen molar-refractivity contribution in [3.8, 4) is 22.8 Å². The van der Waals surface area contributed by atoms with Crippen molar-refractivity contribution in [2.24, 2.45) is 0 Å². The lowest BCUT2D eigenvalue weighted by molar-refractivity contribution is -0.122. The SMILES string of the molecule is COc1ccc(Cl)cc1NC(=O)C(C)Oc1ccc(-c2cnc3ccccc3n2)cc1. The van der Waals surface area contributed by atoms with Crippen molar-refractivity contribution in [1.29, 1.82) is 0 Å². The van der Waals surface area contributed by atoms with Crippen molar-refractivity contribution in [2.45, 2.75) is 13.0 Å². The van der Waals surface area contributed by atoms with Gasteiger partial charge in [0.15, 0.2) is 6.10 Å². The lowest BCUT2D eigenvalue weighted by Gasteiger charge is -2.16. The van der Waals surface area contributed by atoms with Gasteiger partial charge in [0, 0.05) is 10.6 Å². The highest BCUT2D eigenvalue weighted by molar-refractivity contribution is 6.31. The fourth-order valence-corrected chi connectivity index (χ4v) is 3.24. The number of para-hydroxylation sites is 2. The van der Waals surface area contributed by atoms with E-state index in [1.165, 1.54) is 7.11 Å². The van der Waals surface area contributed by atoms with Gasteiger partial charge in [-0.1, -0.05) is 23.7 Å². The summed E-state index contributed by atoms with van der Waals surface area (Å²) in [6.45, 7) is 1.68. The molecule has 0 saturated carbocycles. The number of aromatic nitrogens is 2. The van der Waals surface area contributed by atoms with Gasteiger partial charge in [-0.05, 0) is 61.5 Å². The van der Waals surface area contributed by atoms with Crippen molar-refractivity contribution < 1.29 is 14.3 Å². The summed E-state index contributed by atoms with van der Waals surface area (Å²) in [6.07, 6.45) is 1.02. The van der Waals surface area contributed by atoms with Crippen molar-refractivity contribution >= 4 is 34.2 Å². The Kier molecular flexibility index (Phi) is 6.00. The van der Waals surface area contributed by atoms with E-state index in [4.69, 9.17) is 21.1 Å². The normalized spacial score (nSPS) is 11.7. The highest BCUT2D eigenvalue weighted by Crippen LogP contribution is 2.28. The summed E-state index contributed by atoms with van der Waals surface area (Å²) in [5, 5.41) is 3.28. The average Bonchev–Trinajstić information content (AvgIpc) is 2.79. The highest BCUT2D eigenvalue weighted by Gasteiger charge is 2.17. The Labute approximate surface area is 184 Å². The molecule has 156 valence electrons. The molecule has 0 aliphatic heterocycles. The maximum absolute atomic E-state index is 12.6. The van der Waals surface area contributed by atoms with Gasteiger partial charge in [0.2, 0.25) is 0 Å². The van der Waals surface area contributed by atoms with Crippen molar-refractivity contribution in [3.63, 3.8) is 0 Å². The third-order valence-corrected chi connectivity index (χ3v) is 4.94. The first kappa shape index (κ1) is 20.6. The van der Waals surface area contributed by atoms with Gasteiger partial charge in [-0.25, -0.2) is 4.98 Å². The molecule has 0 saturated heterocycles. The van der Waals surface area contributed by atoms with Gasteiger partial charge in [-0.3, -0.25) is 9.78 Å². The molecule has 0 aliphatic rings. The first-order valence-electron chi connectivity index (χ1n) is 9.67. The summed E-state index contributed by atoms with van der Waals surface area (Å²) < 4.78 is 11.0. The first-order valence-corrected chi connectivity index (χ1v) is 10.0. The number of ether oxygens (including phenoxy) is 2. The van der Waals surface area contributed by atoms with Gasteiger partial charge >= 0.3 is 0 Å². The molecule has 1 amide bonds. The molecule has 0 aliphatic carbocycles. The van der Waals surface area contributed by atoms with E-state index in [2.05, 4.69) is 15.3 Å². The topological polar surface area (TPSA) is 73.3 Å². The van der Waals surface area contributed by atoms with E-state index in [9.17, 15) is 4.79 Å². The number of fused-ring (bicyclic) bond motifs is 1. The number of carbonyl (C=O) groups excluding carboxylic acids is 1. The summed E-state index contributed by atoms with van der Waals surface area (Å²) in [5.74, 6) is 0.772. The predicted octanol–water partition coefficient (Wildman–Crippen LogP) is 5.36. The van der Waals surface area contributed by atoms with Gasteiger partial charge in [-0.2, -0.15) is 0 Å². The third-order valence-electron chi connectivity index (χ3n) is 4.70. The summed E-state index contributed by atoms with van der Waals surface area (Å²) >= 11 is 6.02. The van der Waals surface area contributed by atoms with E-state index >= 15 is 0 Å². The number of amides is 1. The highest BCUT2D eigenvalue weighted by atomic mass is 35.5. The molecule has 6 nitrogen and oxygen atoms in total. The van der Waals surface area contributed by atoms with Crippen LogP contribution < -0.4 is 14.8 Å². The molecule has 3 aromatic carbocycles. The van der Waals surface area contributed by atoms with Crippen LogP contribution >= 0.6 is 11.6 Å². The Morgan fingerprint density at radius 1 is 1.03 bits per heavy atom. The van der Waals surface area contributed by atoms with Crippen LogP contribution in [0, 0.1) is 0 Å². The minimum atomic E-state index is -0.727. The molecule has 0 fully saturated rings. The predicted molar refractivity (Wildman–Crippen MR) is 122 cm³/mol. The Balaban J connectivity index is 1.44. The first-order chi connectivity index (χ1) is 15.0. The number of hydrogen-bond acceptors (Lipinski definition) is 5. The number of methoxy groups -OCH3 is 1. The summed E-state index contributed by atoms with van der Waals surface area (Å²) in [7, 11) is 1.53.